The van der Waals surface area contributed by atoms with E-state index in [9.17, 15) is 24.3 Å². The number of carboxylic acid groups (broad SMARTS) is 1. The van der Waals surface area contributed by atoms with Gasteiger partial charge in [0.15, 0.2) is 0 Å². The van der Waals surface area contributed by atoms with Crippen LogP contribution in [0.1, 0.15) is 43.2 Å². The van der Waals surface area contributed by atoms with Crippen molar-refractivity contribution in [3.8, 4) is 11.1 Å². The number of fused-ring (bicyclic) bond motifs is 3. The van der Waals surface area contributed by atoms with Gasteiger partial charge >= 0.3 is 12.1 Å². The SMILES string of the molecule is CC(=O)NC1CCN(C(=O)C(CC(=O)O)NC(=O)OCC2c3ccccc3-c3ccccc32)CC1. The van der Waals surface area contributed by atoms with E-state index in [1.54, 1.807) is 0 Å². The van der Waals surface area contributed by atoms with E-state index in [0.29, 0.717) is 25.9 Å². The summed E-state index contributed by atoms with van der Waals surface area (Å²) in [6.07, 6.45) is -0.250. The molecule has 0 bridgehead atoms. The second-order valence-corrected chi connectivity index (χ2v) is 8.92. The zero-order valence-corrected chi connectivity index (χ0v) is 19.5. The summed E-state index contributed by atoms with van der Waals surface area (Å²) >= 11 is 0. The fourth-order valence-corrected chi connectivity index (χ4v) is 4.91. The van der Waals surface area contributed by atoms with Crippen LogP contribution in [0.5, 0.6) is 0 Å². The quantitative estimate of drug-likeness (QED) is 0.560. The van der Waals surface area contributed by atoms with Gasteiger partial charge in [0.2, 0.25) is 11.8 Å². The molecule has 4 rings (SSSR count). The van der Waals surface area contributed by atoms with E-state index in [-0.39, 0.29) is 24.5 Å². The summed E-state index contributed by atoms with van der Waals surface area (Å²) in [5, 5.41) is 14.6. The van der Waals surface area contributed by atoms with Gasteiger partial charge in [-0.2, -0.15) is 0 Å². The molecule has 0 spiro atoms. The van der Waals surface area contributed by atoms with Crippen molar-refractivity contribution < 1.29 is 29.0 Å². The molecule has 9 heteroatoms. The summed E-state index contributed by atoms with van der Waals surface area (Å²) in [4.78, 5) is 49.8. The Balaban J connectivity index is 1.38. The van der Waals surface area contributed by atoms with E-state index in [0.717, 1.165) is 22.3 Å². The van der Waals surface area contributed by atoms with Crippen molar-refractivity contribution in [2.75, 3.05) is 19.7 Å². The maximum absolute atomic E-state index is 13.0. The van der Waals surface area contributed by atoms with Crippen LogP contribution in [0.2, 0.25) is 0 Å². The van der Waals surface area contributed by atoms with E-state index in [1.807, 2.05) is 48.5 Å². The molecular formula is C26H29N3O6. The fraction of sp³-hybridized carbons (Fsp3) is 0.385. The number of carbonyl (C=O) groups is 4. The zero-order chi connectivity index (χ0) is 24.9. The van der Waals surface area contributed by atoms with Crippen LogP contribution in [-0.4, -0.2) is 65.7 Å². The number of carboxylic acids is 1. The number of piperidine rings is 1. The van der Waals surface area contributed by atoms with Crippen molar-refractivity contribution in [1.82, 2.24) is 15.5 Å². The van der Waals surface area contributed by atoms with Gasteiger partial charge in [0.1, 0.15) is 12.6 Å². The monoisotopic (exact) mass is 479 g/mol. The lowest BCUT2D eigenvalue weighted by Gasteiger charge is -2.34. The highest BCUT2D eigenvalue weighted by Gasteiger charge is 2.33. The molecule has 35 heavy (non-hydrogen) atoms. The van der Waals surface area contributed by atoms with Gasteiger partial charge in [-0.1, -0.05) is 48.5 Å². The maximum Gasteiger partial charge on any atom is 0.407 e. The number of nitrogens with one attached hydrogen (secondary N) is 2. The number of nitrogens with zero attached hydrogens (tertiary/aromatic N) is 1. The third-order valence-electron chi connectivity index (χ3n) is 6.53. The molecule has 1 unspecified atom stereocenters. The Morgan fingerprint density at radius 3 is 2.11 bits per heavy atom. The van der Waals surface area contributed by atoms with Crippen molar-refractivity contribution in [2.24, 2.45) is 0 Å². The molecule has 0 saturated carbocycles. The second kappa shape index (κ2) is 10.6. The first-order valence-electron chi connectivity index (χ1n) is 11.7. The first kappa shape index (κ1) is 24.3. The number of alkyl carbamates (subject to hydrolysis) is 1. The molecule has 3 N–H and O–H groups in total. The number of rotatable bonds is 7. The zero-order valence-electron chi connectivity index (χ0n) is 19.5. The normalized spacial score (nSPS) is 16.1. The standard InChI is InChI=1S/C26H29N3O6/c1-16(30)27-17-10-12-29(13-11-17)25(33)23(14-24(31)32)28-26(34)35-15-22-20-8-4-2-6-18(20)19-7-3-5-9-21(19)22/h2-9,17,22-23H,10-15H2,1H3,(H,27,30)(H,28,34)(H,31,32). The molecule has 0 radical (unpaired) electrons. The molecule has 2 aliphatic rings. The minimum atomic E-state index is -1.24. The summed E-state index contributed by atoms with van der Waals surface area (Å²) in [5.41, 5.74) is 4.31. The molecule has 1 saturated heterocycles. The van der Waals surface area contributed by atoms with E-state index >= 15 is 0 Å². The summed E-state index contributed by atoms with van der Waals surface area (Å²) < 4.78 is 5.49. The number of carbonyl (C=O) groups excluding carboxylic acids is 3. The average Bonchev–Trinajstić information content (AvgIpc) is 3.15. The molecule has 1 aliphatic carbocycles. The van der Waals surface area contributed by atoms with Crippen LogP contribution in [0.25, 0.3) is 11.1 Å². The van der Waals surface area contributed by atoms with E-state index in [4.69, 9.17) is 4.74 Å². The summed E-state index contributed by atoms with van der Waals surface area (Å²) in [7, 11) is 0. The van der Waals surface area contributed by atoms with Crippen LogP contribution in [-0.2, 0) is 19.1 Å². The van der Waals surface area contributed by atoms with Crippen LogP contribution < -0.4 is 10.6 Å². The third-order valence-corrected chi connectivity index (χ3v) is 6.53. The molecule has 1 atom stereocenters. The summed E-state index contributed by atoms with van der Waals surface area (Å²) in [5.74, 6) is -1.94. The number of aliphatic carboxylic acids is 1. The highest BCUT2D eigenvalue weighted by atomic mass is 16.5. The lowest BCUT2D eigenvalue weighted by Crippen LogP contribution is -2.53. The summed E-state index contributed by atoms with van der Waals surface area (Å²) in [6, 6.07) is 14.6. The maximum atomic E-state index is 13.0. The Kier molecular flexibility index (Phi) is 7.33. The molecule has 2 aromatic rings. The van der Waals surface area contributed by atoms with Gasteiger partial charge in [0, 0.05) is 32.0 Å². The molecule has 2 aromatic carbocycles. The molecule has 1 fully saturated rings. The number of hydrogen-bond donors (Lipinski definition) is 3. The van der Waals surface area contributed by atoms with E-state index in [1.165, 1.54) is 11.8 Å². The predicted molar refractivity (Wildman–Crippen MR) is 128 cm³/mol. The number of amides is 3. The van der Waals surface area contributed by atoms with Crippen LogP contribution in [0.4, 0.5) is 4.79 Å². The fourth-order valence-electron chi connectivity index (χ4n) is 4.91. The van der Waals surface area contributed by atoms with Gasteiger partial charge in [0.05, 0.1) is 6.42 Å². The van der Waals surface area contributed by atoms with Gasteiger partial charge < -0.3 is 25.4 Å². The molecule has 1 aliphatic heterocycles. The Morgan fingerprint density at radius 2 is 1.57 bits per heavy atom. The van der Waals surface area contributed by atoms with E-state index < -0.39 is 30.4 Å². The van der Waals surface area contributed by atoms with Crippen LogP contribution in [0.3, 0.4) is 0 Å². The highest BCUT2D eigenvalue weighted by Crippen LogP contribution is 2.44. The van der Waals surface area contributed by atoms with Crippen molar-refractivity contribution in [3.05, 3.63) is 59.7 Å². The molecular weight excluding hydrogens is 450 g/mol. The Morgan fingerprint density at radius 1 is 1.00 bits per heavy atom. The van der Waals surface area contributed by atoms with E-state index in [2.05, 4.69) is 10.6 Å². The number of likely N-dealkylation sites (tertiary alicyclic amines) is 1. The second-order valence-electron chi connectivity index (χ2n) is 8.92. The van der Waals surface area contributed by atoms with Crippen molar-refractivity contribution >= 4 is 23.9 Å². The Labute approximate surface area is 203 Å². The average molecular weight is 480 g/mol. The topological polar surface area (TPSA) is 125 Å². The van der Waals surface area contributed by atoms with Gasteiger partial charge in [-0.15, -0.1) is 0 Å². The summed E-state index contributed by atoms with van der Waals surface area (Å²) in [6.45, 7) is 2.24. The molecule has 184 valence electrons. The molecule has 9 nitrogen and oxygen atoms in total. The molecule has 0 aromatic heterocycles. The number of ether oxygens (including phenoxy) is 1. The van der Waals surface area contributed by atoms with Gasteiger partial charge in [-0.25, -0.2) is 4.79 Å². The van der Waals surface area contributed by atoms with Gasteiger partial charge in [-0.3, -0.25) is 14.4 Å². The molecule has 1 heterocycles. The van der Waals surface area contributed by atoms with Crippen LogP contribution in [0, 0.1) is 0 Å². The minimum absolute atomic E-state index is 0.0236. The van der Waals surface area contributed by atoms with Gasteiger partial charge in [0.25, 0.3) is 0 Å². The first-order valence-corrected chi connectivity index (χ1v) is 11.7. The Hall–Kier alpha value is -3.88. The Bertz CT molecular complexity index is 1080. The number of benzene rings is 2. The van der Waals surface area contributed by atoms with Gasteiger partial charge in [-0.05, 0) is 35.1 Å². The van der Waals surface area contributed by atoms with Crippen LogP contribution in [0.15, 0.2) is 48.5 Å². The number of hydrogen-bond acceptors (Lipinski definition) is 5. The van der Waals surface area contributed by atoms with Crippen molar-refractivity contribution in [1.29, 1.82) is 0 Å². The van der Waals surface area contributed by atoms with Crippen molar-refractivity contribution in [2.45, 2.75) is 44.2 Å². The smallest absolute Gasteiger partial charge is 0.407 e. The lowest BCUT2D eigenvalue weighted by molar-refractivity contribution is -0.143. The third kappa shape index (κ3) is 5.62. The minimum Gasteiger partial charge on any atom is -0.481 e. The predicted octanol–water partition coefficient (Wildman–Crippen LogP) is 2.50. The lowest BCUT2D eigenvalue weighted by atomic mass is 9.98. The largest absolute Gasteiger partial charge is 0.481 e. The van der Waals surface area contributed by atoms with Crippen molar-refractivity contribution in [3.63, 3.8) is 0 Å². The highest BCUT2D eigenvalue weighted by molar-refractivity contribution is 5.89. The van der Waals surface area contributed by atoms with Crippen LogP contribution >= 0.6 is 0 Å². The first-order chi connectivity index (χ1) is 16.8. The molecule has 3 amide bonds.